The van der Waals surface area contributed by atoms with Gasteiger partial charge >= 0.3 is 12.1 Å². The highest BCUT2D eigenvalue weighted by atomic mass is 16.6. The van der Waals surface area contributed by atoms with E-state index in [9.17, 15) is 14.7 Å². The Kier molecular flexibility index (Phi) is 6.05. The largest absolute Gasteiger partial charge is 0.481 e. The Morgan fingerprint density at radius 3 is 2.55 bits per heavy atom. The lowest BCUT2D eigenvalue weighted by atomic mass is 9.42. The van der Waals surface area contributed by atoms with E-state index in [0.717, 1.165) is 51.4 Å². The molecule has 1 amide bonds. The SMILES string of the molecule is C[C@]12CC[C@H](OC(=O)NCCCO)C[C@H]1CC[C@@H]1[C@@H]2CC[C@]2(C)[C@@H](C(=O)O)CC[C@]12N. The second-order valence-corrected chi connectivity index (χ2v) is 11.2. The number of fused-ring (bicyclic) bond motifs is 5. The van der Waals surface area contributed by atoms with Gasteiger partial charge in [0.1, 0.15) is 6.10 Å². The summed E-state index contributed by atoms with van der Waals surface area (Å²) in [4.78, 5) is 24.0. The fourth-order valence-electron chi connectivity index (χ4n) is 8.25. The first-order chi connectivity index (χ1) is 14.7. The van der Waals surface area contributed by atoms with E-state index in [2.05, 4.69) is 19.2 Å². The van der Waals surface area contributed by atoms with Crippen molar-refractivity contribution >= 4 is 12.1 Å². The average molecular weight is 437 g/mol. The van der Waals surface area contributed by atoms with Gasteiger partial charge in [-0.05, 0) is 92.8 Å². The van der Waals surface area contributed by atoms with Gasteiger partial charge in [-0.1, -0.05) is 13.8 Å². The molecule has 0 bridgehead atoms. The molecule has 4 aliphatic carbocycles. The highest BCUT2D eigenvalue weighted by Gasteiger charge is 2.67. The van der Waals surface area contributed by atoms with Crippen LogP contribution >= 0.6 is 0 Å². The molecule has 0 aromatic rings. The number of carbonyl (C=O) groups excluding carboxylic acids is 1. The summed E-state index contributed by atoms with van der Waals surface area (Å²) < 4.78 is 5.69. The van der Waals surface area contributed by atoms with E-state index in [1.54, 1.807) is 0 Å². The molecule has 0 radical (unpaired) electrons. The number of nitrogens with one attached hydrogen (secondary N) is 1. The molecule has 0 aliphatic heterocycles. The quantitative estimate of drug-likeness (QED) is 0.491. The van der Waals surface area contributed by atoms with Crippen LogP contribution in [-0.4, -0.2) is 47.1 Å². The first kappa shape index (κ1) is 22.8. The molecular formula is C24H40N2O5. The third kappa shape index (κ3) is 3.56. The Morgan fingerprint density at radius 1 is 1.06 bits per heavy atom. The first-order valence-electron chi connectivity index (χ1n) is 12.2. The van der Waals surface area contributed by atoms with Crippen molar-refractivity contribution in [2.75, 3.05) is 13.2 Å². The zero-order chi connectivity index (χ0) is 22.4. The number of ether oxygens (including phenoxy) is 1. The molecule has 0 aromatic heterocycles. The smallest absolute Gasteiger partial charge is 0.407 e. The van der Waals surface area contributed by atoms with Crippen LogP contribution in [0.1, 0.15) is 78.1 Å². The van der Waals surface area contributed by atoms with Crippen molar-refractivity contribution in [3.8, 4) is 0 Å². The molecule has 0 spiro atoms. The van der Waals surface area contributed by atoms with Crippen molar-refractivity contribution in [1.29, 1.82) is 0 Å². The molecule has 4 rings (SSSR count). The predicted molar refractivity (Wildman–Crippen MR) is 116 cm³/mol. The second kappa shape index (κ2) is 8.22. The molecule has 5 N–H and O–H groups in total. The fourth-order valence-corrected chi connectivity index (χ4v) is 8.25. The number of carbonyl (C=O) groups is 2. The number of hydrogen-bond acceptors (Lipinski definition) is 5. The molecule has 4 fully saturated rings. The number of aliphatic carboxylic acids is 1. The van der Waals surface area contributed by atoms with Crippen LogP contribution in [0.15, 0.2) is 0 Å². The van der Waals surface area contributed by atoms with Crippen molar-refractivity contribution < 1.29 is 24.5 Å². The van der Waals surface area contributed by atoms with Gasteiger partial charge < -0.3 is 26.0 Å². The van der Waals surface area contributed by atoms with E-state index < -0.39 is 5.97 Å². The summed E-state index contributed by atoms with van der Waals surface area (Å²) in [6.45, 7) is 5.05. The minimum Gasteiger partial charge on any atom is -0.481 e. The van der Waals surface area contributed by atoms with Crippen molar-refractivity contribution in [3.63, 3.8) is 0 Å². The molecule has 8 atom stereocenters. The maximum Gasteiger partial charge on any atom is 0.407 e. The van der Waals surface area contributed by atoms with Crippen LogP contribution in [0.4, 0.5) is 4.79 Å². The molecular weight excluding hydrogens is 396 g/mol. The van der Waals surface area contributed by atoms with Gasteiger partial charge in [0, 0.05) is 18.7 Å². The maximum absolute atomic E-state index is 12.1. The lowest BCUT2D eigenvalue weighted by molar-refractivity contribution is -0.157. The molecule has 176 valence electrons. The number of carboxylic acid groups (broad SMARTS) is 1. The average Bonchev–Trinajstić information content (AvgIpc) is 3.00. The highest BCUT2D eigenvalue weighted by Crippen LogP contribution is 2.68. The molecule has 4 saturated carbocycles. The van der Waals surface area contributed by atoms with E-state index in [1.807, 2.05) is 0 Å². The summed E-state index contributed by atoms with van der Waals surface area (Å²) in [5.41, 5.74) is 6.65. The van der Waals surface area contributed by atoms with Gasteiger partial charge in [-0.15, -0.1) is 0 Å². The third-order valence-electron chi connectivity index (χ3n) is 10.1. The fraction of sp³-hybridized carbons (Fsp3) is 0.917. The minimum atomic E-state index is -0.678. The Hall–Kier alpha value is -1.34. The number of nitrogens with two attached hydrogens (primary N) is 1. The molecule has 31 heavy (non-hydrogen) atoms. The lowest BCUT2D eigenvalue weighted by Crippen LogP contribution is -2.66. The van der Waals surface area contributed by atoms with E-state index >= 15 is 0 Å². The van der Waals surface area contributed by atoms with E-state index in [1.165, 1.54) is 0 Å². The second-order valence-electron chi connectivity index (χ2n) is 11.2. The predicted octanol–water partition coefficient (Wildman–Crippen LogP) is 3.29. The van der Waals surface area contributed by atoms with Crippen LogP contribution < -0.4 is 11.1 Å². The summed E-state index contributed by atoms with van der Waals surface area (Å²) in [5, 5.41) is 21.4. The molecule has 4 aliphatic rings. The number of rotatable bonds is 5. The van der Waals surface area contributed by atoms with Gasteiger partial charge in [0.05, 0.1) is 5.92 Å². The number of carboxylic acids is 1. The Morgan fingerprint density at radius 2 is 1.84 bits per heavy atom. The first-order valence-corrected chi connectivity index (χ1v) is 12.2. The summed E-state index contributed by atoms with van der Waals surface area (Å²) in [6.07, 6.45) is 8.53. The van der Waals surface area contributed by atoms with Crippen LogP contribution in [-0.2, 0) is 9.53 Å². The Balaban J connectivity index is 1.45. The monoisotopic (exact) mass is 436 g/mol. The highest BCUT2D eigenvalue weighted by molar-refractivity contribution is 5.72. The Labute approximate surface area is 185 Å². The van der Waals surface area contributed by atoms with Gasteiger partial charge in [-0.3, -0.25) is 4.79 Å². The standard InChI is InChI=1S/C24H40N2O5/c1-22-9-6-16(31-21(30)26-12-3-13-27)14-15(22)4-5-18-17(22)7-10-23(2)19(20(28)29)8-11-24(18,23)25/h15-19,27H,3-14,25H2,1-2H3,(H,26,30)(H,28,29)/t15-,16+,17+,18-,19-,22+,23-,24+/m1/s1. The molecule has 0 aromatic carbocycles. The van der Waals surface area contributed by atoms with Gasteiger partial charge in [0.15, 0.2) is 0 Å². The van der Waals surface area contributed by atoms with Crippen LogP contribution in [0.3, 0.4) is 0 Å². The van der Waals surface area contributed by atoms with Crippen molar-refractivity contribution in [2.24, 2.45) is 40.2 Å². The van der Waals surface area contributed by atoms with Crippen LogP contribution in [0.25, 0.3) is 0 Å². The summed E-state index contributed by atoms with van der Waals surface area (Å²) in [5.74, 6) is 0.426. The summed E-state index contributed by atoms with van der Waals surface area (Å²) in [6, 6.07) is 0. The van der Waals surface area contributed by atoms with Crippen molar-refractivity contribution in [3.05, 3.63) is 0 Å². The zero-order valence-electron chi connectivity index (χ0n) is 19.1. The lowest BCUT2D eigenvalue weighted by Gasteiger charge is -2.64. The zero-order valence-corrected chi connectivity index (χ0v) is 19.1. The van der Waals surface area contributed by atoms with Gasteiger partial charge in [0.25, 0.3) is 0 Å². The van der Waals surface area contributed by atoms with E-state index in [4.69, 9.17) is 15.6 Å². The molecule has 0 saturated heterocycles. The van der Waals surface area contributed by atoms with Crippen molar-refractivity contribution in [1.82, 2.24) is 5.32 Å². The van der Waals surface area contributed by atoms with Gasteiger partial charge in [0.2, 0.25) is 0 Å². The van der Waals surface area contributed by atoms with Crippen LogP contribution in [0.2, 0.25) is 0 Å². The Bertz CT molecular complexity index is 716. The number of alkyl carbamates (subject to hydrolysis) is 1. The molecule has 7 nitrogen and oxygen atoms in total. The molecule has 0 unspecified atom stereocenters. The van der Waals surface area contributed by atoms with Crippen LogP contribution in [0, 0.1) is 34.5 Å². The van der Waals surface area contributed by atoms with E-state index in [-0.39, 0.29) is 41.1 Å². The molecule has 7 heteroatoms. The minimum absolute atomic E-state index is 0.0488. The topological polar surface area (TPSA) is 122 Å². The summed E-state index contributed by atoms with van der Waals surface area (Å²) in [7, 11) is 0. The van der Waals surface area contributed by atoms with Crippen molar-refractivity contribution in [2.45, 2.75) is 89.7 Å². The number of aliphatic hydroxyl groups excluding tert-OH is 1. The van der Waals surface area contributed by atoms with Gasteiger partial charge in [-0.2, -0.15) is 0 Å². The van der Waals surface area contributed by atoms with Gasteiger partial charge in [-0.25, -0.2) is 4.79 Å². The number of hydrogen-bond donors (Lipinski definition) is 4. The van der Waals surface area contributed by atoms with E-state index in [0.29, 0.717) is 37.1 Å². The molecule has 0 heterocycles. The number of aliphatic hydroxyl groups is 1. The normalized spacial score (nSPS) is 46.4. The maximum atomic E-state index is 12.1. The number of amides is 1. The third-order valence-corrected chi connectivity index (χ3v) is 10.1. The van der Waals surface area contributed by atoms with Crippen LogP contribution in [0.5, 0.6) is 0 Å². The summed E-state index contributed by atoms with van der Waals surface area (Å²) >= 11 is 0.